The van der Waals surface area contributed by atoms with Crippen LogP contribution >= 0.6 is 15.9 Å². The highest BCUT2D eigenvalue weighted by Crippen LogP contribution is 2.33. The second-order valence-corrected chi connectivity index (χ2v) is 6.14. The maximum atomic E-state index is 11.5. The van der Waals surface area contributed by atoms with E-state index in [2.05, 4.69) is 25.8 Å². The van der Waals surface area contributed by atoms with Crippen LogP contribution in [0.2, 0.25) is 0 Å². The van der Waals surface area contributed by atoms with E-state index in [1.807, 2.05) is 23.1 Å². The van der Waals surface area contributed by atoms with Crippen molar-refractivity contribution >= 4 is 34.2 Å². The molecule has 0 bridgehead atoms. The number of morpholine rings is 1. The van der Waals surface area contributed by atoms with Crippen LogP contribution in [0.3, 0.4) is 0 Å². The average Bonchev–Trinajstić information content (AvgIpc) is 2.53. The molecule has 21 heavy (non-hydrogen) atoms. The highest BCUT2D eigenvalue weighted by molar-refractivity contribution is 9.10. The molecular weight excluding hydrogens is 334 g/mol. The van der Waals surface area contributed by atoms with E-state index >= 15 is 0 Å². The average molecular weight is 352 g/mol. The van der Waals surface area contributed by atoms with Crippen molar-refractivity contribution in [2.75, 3.05) is 39.4 Å². The van der Waals surface area contributed by atoms with E-state index in [0.717, 1.165) is 61.4 Å². The van der Waals surface area contributed by atoms with Crippen LogP contribution in [0.1, 0.15) is 11.6 Å². The van der Waals surface area contributed by atoms with Gasteiger partial charge >= 0.3 is 0 Å². The van der Waals surface area contributed by atoms with Crippen molar-refractivity contribution in [3.05, 3.63) is 28.2 Å². The minimum Gasteiger partial charge on any atom is -0.379 e. The molecule has 1 saturated heterocycles. The molecule has 1 atom stereocenters. The Bertz CT molecular complexity index is 544. The van der Waals surface area contributed by atoms with Crippen molar-refractivity contribution in [2.45, 2.75) is 6.04 Å². The Morgan fingerprint density at radius 2 is 2.14 bits per heavy atom. The molecule has 2 aliphatic heterocycles. The number of carbonyl (C=O) groups is 1. The van der Waals surface area contributed by atoms with Gasteiger partial charge in [-0.2, -0.15) is 0 Å². The number of aldehydes is 1. The number of fused-ring (bicyclic) bond motifs is 1. The standard InChI is InChI=1S/C15H18BrN3O2/c16-12-1-2-14-13(9-12)15(10-20)19(11-17-14)4-3-18-5-7-21-8-6-18/h1-2,9-11,15H,3-8H2. The molecule has 2 heterocycles. The maximum absolute atomic E-state index is 11.5. The number of ether oxygens (including phenoxy) is 1. The third kappa shape index (κ3) is 3.33. The molecule has 1 aromatic rings. The Morgan fingerprint density at radius 1 is 1.33 bits per heavy atom. The van der Waals surface area contributed by atoms with Crippen molar-refractivity contribution in [3.63, 3.8) is 0 Å². The zero-order valence-corrected chi connectivity index (χ0v) is 13.3. The Morgan fingerprint density at radius 3 is 2.90 bits per heavy atom. The molecule has 2 aliphatic rings. The second kappa shape index (κ2) is 6.68. The Balaban J connectivity index is 1.70. The Hall–Kier alpha value is -1.24. The van der Waals surface area contributed by atoms with Crippen molar-refractivity contribution in [3.8, 4) is 0 Å². The fourth-order valence-electron chi connectivity index (χ4n) is 2.70. The fourth-order valence-corrected chi connectivity index (χ4v) is 3.08. The normalized spacial score (nSPS) is 22.1. The molecule has 3 rings (SSSR count). The summed E-state index contributed by atoms with van der Waals surface area (Å²) in [5, 5.41) is 0. The van der Waals surface area contributed by atoms with Crippen LogP contribution in [0.15, 0.2) is 27.7 Å². The molecular formula is C15H18BrN3O2. The van der Waals surface area contributed by atoms with E-state index in [-0.39, 0.29) is 6.04 Å². The molecule has 1 unspecified atom stereocenters. The van der Waals surface area contributed by atoms with E-state index < -0.39 is 0 Å². The SMILES string of the molecule is O=CC1c2cc(Br)ccc2N=CN1CCN1CCOCC1. The quantitative estimate of drug-likeness (QED) is 0.778. The molecule has 0 aliphatic carbocycles. The number of rotatable bonds is 4. The van der Waals surface area contributed by atoms with Gasteiger partial charge in [-0.05, 0) is 18.2 Å². The highest BCUT2D eigenvalue weighted by Gasteiger charge is 2.24. The van der Waals surface area contributed by atoms with Gasteiger partial charge in [0.15, 0.2) is 0 Å². The molecule has 6 heteroatoms. The van der Waals surface area contributed by atoms with Gasteiger partial charge in [-0.15, -0.1) is 0 Å². The van der Waals surface area contributed by atoms with Crippen LogP contribution in [0.4, 0.5) is 5.69 Å². The van der Waals surface area contributed by atoms with Gasteiger partial charge in [0.2, 0.25) is 0 Å². The zero-order valence-electron chi connectivity index (χ0n) is 11.7. The molecule has 0 aromatic heterocycles. The van der Waals surface area contributed by atoms with E-state index in [1.54, 1.807) is 6.34 Å². The lowest BCUT2D eigenvalue weighted by Gasteiger charge is -2.33. The number of nitrogens with zero attached hydrogens (tertiary/aromatic N) is 3. The summed E-state index contributed by atoms with van der Waals surface area (Å²) in [6.07, 6.45) is 2.78. The van der Waals surface area contributed by atoms with Crippen molar-refractivity contribution in [1.29, 1.82) is 0 Å². The van der Waals surface area contributed by atoms with Crippen molar-refractivity contribution < 1.29 is 9.53 Å². The number of benzene rings is 1. The summed E-state index contributed by atoms with van der Waals surface area (Å²) in [7, 11) is 0. The minimum absolute atomic E-state index is 0.254. The number of hydrogen-bond donors (Lipinski definition) is 0. The molecule has 0 N–H and O–H groups in total. The summed E-state index contributed by atoms with van der Waals surface area (Å²) in [6.45, 7) is 5.21. The molecule has 0 spiro atoms. The van der Waals surface area contributed by atoms with Gasteiger partial charge in [-0.3, -0.25) is 4.90 Å². The van der Waals surface area contributed by atoms with Crippen LogP contribution in [0.25, 0.3) is 0 Å². The van der Waals surface area contributed by atoms with Gasteiger partial charge < -0.3 is 14.4 Å². The molecule has 0 amide bonds. The molecule has 112 valence electrons. The summed E-state index contributed by atoms with van der Waals surface area (Å²) in [5.41, 5.74) is 1.83. The fraction of sp³-hybridized carbons (Fsp3) is 0.467. The maximum Gasteiger partial charge on any atom is 0.147 e. The number of halogens is 1. The predicted molar refractivity (Wildman–Crippen MR) is 85.1 cm³/mol. The first kappa shape index (κ1) is 14.7. The van der Waals surface area contributed by atoms with Gasteiger partial charge in [-0.1, -0.05) is 15.9 Å². The predicted octanol–water partition coefficient (Wildman–Crippen LogP) is 2.00. The van der Waals surface area contributed by atoms with E-state index in [1.165, 1.54) is 0 Å². The second-order valence-electron chi connectivity index (χ2n) is 5.22. The molecule has 1 fully saturated rings. The minimum atomic E-state index is -0.254. The summed E-state index contributed by atoms with van der Waals surface area (Å²) in [4.78, 5) is 20.4. The van der Waals surface area contributed by atoms with Crippen LogP contribution in [-0.2, 0) is 9.53 Å². The summed E-state index contributed by atoms with van der Waals surface area (Å²) < 4.78 is 6.32. The monoisotopic (exact) mass is 351 g/mol. The third-order valence-electron chi connectivity index (χ3n) is 3.92. The Kier molecular flexibility index (Phi) is 4.67. The smallest absolute Gasteiger partial charge is 0.147 e. The van der Waals surface area contributed by atoms with E-state index in [0.29, 0.717) is 0 Å². The van der Waals surface area contributed by atoms with Gasteiger partial charge in [0, 0.05) is 36.2 Å². The lowest BCUT2D eigenvalue weighted by Crippen LogP contribution is -2.42. The number of carbonyl (C=O) groups excluding carboxylic acids is 1. The van der Waals surface area contributed by atoms with Crippen molar-refractivity contribution in [1.82, 2.24) is 9.80 Å². The molecule has 5 nitrogen and oxygen atoms in total. The van der Waals surface area contributed by atoms with E-state index in [4.69, 9.17) is 4.74 Å². The zero-order chi connectivity index (χ0) is 14.7. The third-order valence-corrected chi connectivity index (χ3v) is 4.41. The summed E-state index contributed by atoms with van der Waals surface area (Å²) >= 11 is 3.46. The lowest BCUT2D eigenvalue weighted by atomic mass is 10.0. The van der Waals surface area contributed by atoms with Gasteiger partial charge in [0.1, 0.15) is 12.3 Å². The summed E-state index contributed by atoms with van der Waals surface area (Å²) in [6, 6.07) is 5.61. The van der Waals surface area contributed by atoms with Gasteiger partial charge in [0.25, 0.3) is 0 Å². The van der Waals surface area contributed by atoms with Gasteiger partial charge in [0.05, 0.1) is 25.2 Å². The first-order valence-electron chi connectivity index (χ1n) is 7.13. The Labute approximate surface area is 132 Å². The van der Waals surface area contributed by atoms with E-state index in [9.17, 15) is 4.79 Å². The first-order chi connectivity index (χ1) is 10.3. The molecule has 1 aromatic carbocycles. The molecule has 0 radical (unpaired) electrons. The topological polar surface area (TPSA) is 45.1 Å². The van der Waals surface area contributed by atoms with Crippen LogP contribution in [0, 0.1) is 0 Å². The largest absolute Gasteiger partial charge is 0.379 e. The number of hydrogen-bond acceptors (Lipinski definition) is 5. The van der Waals surface area contributed by atoms with Crippen LogP contribution in [-0.4, -0.2) is 61.8 Å². The molecule has 0 saturated carbocycles. The van der Waals surface area contributed by atoms with Crippen LogP contribution in [0.5, 0.6) is 0 Å². The highest BCUT2D eigenvalue weighted by atomic mass is 79.9. The summed E-state index contributed by atoms with van der Waals surface area (Å²) in [5.74, 6) is 0. The van der Waals surface area contributed by atoms with Crippen LogP contribution < -0.4 is 0 Å². The van der Waals surface area contributed by atoms with Gasteiger partial charge in [-0.25, -0.2) is 4.99 Å². The van der Waals surface area contributed by atoms with Crippen molar-refractivity contribution in [2.24, 2.45) is 4.99 Å². The number of aliphatic imine (C=N–C) groups is 1. The first-order valence-corrected chi connectivity index (χ1v) is 7.92. The lowest BCUT2D eigenvalue weighted by molar-refractivity contribution is -0.111.